The van der Waals surface area contributed by atoms with Crippen LogP contribution in [0.5, 0.6) is 11.5 Å². The summed E-state index contributed by atoms with van der Waals surface area (Å²) < 4.78 is 11.1. The third-order valence-corrected chi connectivity index (χ3v) is 7.74. The van der Waals surface area contributed by atoms with Gasteiger partial charge in [-0.25, -0.2) is 0 Å². The molecule has 4 unspecified atom stereocenters. The van der Waals surface area contributed by atoms with Gasteiger partial charge < -0.3 is 9.47 Å². The Kier molecular flexibility index (Phi) is 2.83. The average molecular weight is 344 g/mol. The van der Waals surface area contributed by atoms with Gasteiger partial charge >= 0.3 is 0 Å². The molecule has 2 saturated carbocycles. The number of hydrogen-bond donors (Lipinski definition) is 0. The molecule has 0 heterocycles. The quantitative estimate of drug-likeness (QED) is 0.697. The predicted octanol–water partition coefficient (Wildman–Crippen LogP) is 5.20. The molecule has 2 fully saturated rings. The molecule has 0 radical (unpaired) electrons. The van der Waals surface area contributed by atoms with Crippen molar-refractivity contribution in [2.75, 3.05) is 14.2 Å². The maximum atomic E-state index is 5.54. The summed E-state index contributed by atoms with van der Waals surface area (Å²) in [7, 11) is 3.50. The molecule has 6 rings (SSSR count). The van der Waals surface area contributed by atoms with Gasteiger partial charge in [-0.3, -0.25) is 0 Å². The minimum absolute atomic E-state index is 0.182. The van der Waals surface area contributed by atoms with Crippen LogP contribution in [0.2, 0.25) is 0 Å². The SMILES string of the molecule is COc1ccc2c(c1)-c1cc(OC)ccc1C21CC2C3C=CC(C3)C2C1. The Labute approximate surface area is 154 Å². The first-order valence-electron chi connectivity index (χ1n) is 9.79. The standard InChI is InChI=1S/C24H24O2/c1-25-16-5-7-22-18(10-16)19-11-17(26-2)6-8-23(19)24(22)12-20-14-3-4-15(9-14)21(20)13-24/h3-8,10-11,14-15,20-21H,9,12-13H2,1-2H3. The van der Waals surface area contributed by atoms with Gasteiger partial charge in [-0.2, -0.15) is 0 Å². The lowest BCUT2D eigenvalue weighted by Crippen LogP contribution is -2.23. The van der Waals surface area contributed by atoms with Crippen molar-refractivity contribution in [2.24, 2.45) is 23.7 Å². The Morgan fingerprint density at radius 3 is 1.73 bits per heavy atom. The van der Waals surface area contributed by atoms with Crippen molar-refractivity contribution >= 4 is 0 Å². The van der Waals surface area contributed by atoms with E-state index >= 15 is 0 Å². The van der Waals surface area contributed by atoms with Crippen LogP contribution in [0.3, 0.4) is 0 Å². The molecular weight excluding hydrogens is 320 g/mol. The van der Waals surface area contributed by atoms with Crippen LogP contribution in [-0.2, 0) is 5.41 Å². The summed E-state index contributed by atoms with van der Waals surface area (Å²) in [5, 5.41) is 0. The van der Waals surface area contributed by atoms with Crippen molar-refractivity contribution in [1.82, 2.24) is 0 Å². The topological polar surface area (TPSA) is 18.5 Å². The molecule has 4 atom stereocenters. The molecule has 1 spiro atoms. The number of allylic oxidation sites excluding steroid dienone is 2. The highest BCUT2D eigenvalue weighted by Crippen LogP contribution is 2.67. The largest absolute Gasteiger partial charge is 0.497 e. The Morgan fingerprint density at radius 1 is 0.769 bits per heavy atom. The van der Waals surface area contributed by atoms with Gasteiger partial charge in [0.1, 0.15) is 11.5 Å². The predicted molar refractivity (Wildman–Crippen MR) is 103 cm³/mol. The highest BCUT2D eigenvalue weighted by molar-refractivity contribution is 5.83. The molecule has 4 aliphatic rings. The van der Waals surface area contributed by atoms with E-state index in [0.717, 1.165) is 35.2 Å². The summed E-state index contributed by atoms with van der Waals surface area (Å²) in [6.45, 7) is 0. The first-order chi connectivity index (χ1) is 12.7. The fraction of sp³-hybridized carbons (Fsp3) is 0.417. The first kappa shape index (κ1) is 14.9. The number of fused-ring (bicyclic) bond motifs is 10. The molecule has 2 aromatic rings. The van der Waals surface area contributed by atoms with Crippen LogP contribution in [0.25, 0.3) is 11.1 Å². The van der Waals surface area contributed by atoms with Gasteiger partial charge in [0.2, 0.25) is 0 Å². The van der Waals surface area contributed by atoms with Crippen LogP contribution in [0.4, 0.5) is 0 Å². The fourth-order valence-corrected chi connectivity index (χ4v) is 6.69. The number of rotatable bonds is 2. The van der Waals surface area contributed by atoms with Gasteiger partial charge in [0.15, 0.2) is 0 Å². The number of ether oxygens (including phenoxy) is 2. The maximum absolute atomic E-state index is 5.54. The van der Waals surface area contributed by atoms with Gasteiger partial charge in [-0.15, -0.1) is 0 Å². The lowest BCUT2D eigenvalue weighted by Gasteiger charge is -2.29. The van der Waals surface area contributed by atoms with Crippen molar-refractivity contribution in [2.45, 2.75) is 24.7 Å². The average Bonchev–Trinajstić information content (AvgIpc) is 3.43. The normalized spacial score (nSPS) is 31.2. The van der Waals surface area contributed by atoms with E-state index in [1.807, 2.05) is 0 Å². The van der Waals surface area contributed by atoms with Crippen LogP contribution in [0.1, 0.15) is 30.4 Å². The molecule has 0 saturated heterocycles. The van der Waals surface area contributed by atoms with Gasteiger partial charge in [0.05, 0.1) is 14.2 Å². The zero-order valence-corrected chi connectivity index (χ0v) is 15.4. The summed E-state index contributed by atoms with van der Waals surface area (Å²) >= 11 is 0. The minimum Gasteiger partial charge on any atom is -0.497 e. The maximum Gasteiger partial charge on any atom is 0.119 e. The van der Waals surface area contributed by atoms with Gasteiger partial charge in [-0.05, 0) is 89.5 Å². The second-order valence-electron chi connectivity index (χ2n) is 8.59. The summed E-state index contributed by atoms with van der Waals surface area (Å²) in [5.41, 5.74) is 5.89. The Bertz CT molecular complexity index is 866. The summed E-state index contributed by atoms with van der Waals surface area (Å²) in [6, 6.07) is 13.4. The fourth-order valence-electron chi connectivity index (χ4n) is 6.69. The third-order valence-electron chi connectivity index (χ3n) is 7.74. The van der Waals surface area contributed by atoms with Crippen molar-refractivity contribution in [1.29, 1.82) is 0 Å². The highest BCUT2D eigenvalue weighted by Gasteiger charge is 2.58. The molecule has 0 aliphatic heterocycles. The molecule has 2 bridgehead atoms. The summed E-state index contributed by atoms with van der Waals surface area (Å²) in [4.78, 5) is 0. The minimum atomic E-state index is 0.182. The van der Waals surface area contributed by atoms with Gasteiger partial charge in [0, 0.05) is 5.41 Å². The molecule has 0 N–H and O–H groups in total. The van der Waals surface area contributed by atoms with Crippen LogP contribution in [0.15, 0.2) is 48.6 Å². The zero-order valence-electron chi connectivity index (χ0n) is 15.4. The van der Waals surface area contributed by atoms with Crippen LogP contribution >= 0.6 is 0 Å². The van der Waals surface area contributed by atoms with E-state index in [-0.39, 0.29) is 5.41 Å². The Hall–Kier alpha value is -2.22. The summed E-state index contributed by atoms with van der Waals surface area (Å²) in [6.07, 6.45) is 8.99. The molecule has 0 aromatic heterocycles. The van der Waals surface area contributed by atoms with Crippen LogP contribution in [-0.4, -0.2) is 14.2 Å². The van der Waals surface area contributed by atoms with E-state index in [1.165, 1.54) is 41.5 Å². The van der Waals surface area contributed by atoms with Crippen molar-refractivity contribution in [3.05, 3.63) is 59.7 Å². The summed E-state index contributed by atoms with van der Waals surface area (Å²) in [5.74, 6) is 5.21. The smallest absolute Gasteiger partial charge is 0.119 e. The second kappa shape index (κ2) is 4.94. The number of methoxy groups -OCH3 is 2. The molecule has 26 heavy (non-hydrogen) atoms. The van der Waals surface area contributed by atoms with E-state index < -0.39 is 0 Å². The lowest BCUT2D eigenvalue weighted by atomic mass is 9.74. The van der Waals surface area contributed by atoms with E-state index in [9.17, 15) is 0 Å². The van der Waals surface area contributed by atoms with Gasteiger partial charge in [-0.1, -0.05) is 24.3 Å². The Balaban J connectivity index is 1.56. The third kappa shape index (κ3) is 1.68. The van der Waals surface area contributed by atoms with E-state index in [0.29, 0.717) is 0 Å². The molecule has 132 valence electrons. The van der Waals surface area contributed by atoms with Crippen LogP contribution < -0.4 is 9.47 Å². The monoisotopic (exact) mass is 344 g/mol. The molecule has 4 aliphatic carbocycles. The first-order valence-corrected chi connectivity index (χ1v) is 9.79. The number of hydrogen-bond acceptors (Lipinski definition) is 2. The van der Waals surface area contributed by atoms with E-state index in [2.05, 4.69) is 48.6 Å². The highest BCUT2D eigenvalue weighted by atomic mass is 16.5. The Morgan fingerprint density at radius 2 is 1.27 bits per heavy atom. The molecule has 2 heteroatoms. The number of benzene rings is 2. The molecule has 2 aromatic carbocycles. The lowest BCUT2D eigenvalue weighted by molar-refractivity contribution is 0.364. The van der Waals surface area contributed by atoms with E-state index in [1.54, 1.807) is 14.2 Å². The van der Waals surface area contributed by atoms with E-state index in [4.69, 9.17) is 9.47 Å². The van der Waals surface area contributed by atoms with Crippen LogP contribution in [0, 0.1) is 23.7 Å². The second-order valence-corrected chi connectivity index (χ2v) is 8.59. The molecule has 0 amide bonds. The van der Waals surface area contributed by atoms with Gasteiger partial charge in [0.25, 0.3) is 0 Å². The zero-order chi connectivity index (χ0) is 17.5. The van der Waals surface area contributed by atoms with Crippen molar-refractivity contribution in [3.8, 4) is 22.6 Å². The molecule has 2 nitrogen and oxygen atoms in total. The van der Waals surface area contributed by atoms with Crippen molar-refractivity contribution < 1.29 is 9.47 Å². The van der Waals surface area contributed by atoms with Crippen molar-refractivity contribution in [3.63, 3.8) is 0 Å². The molecular formula is C24H24O2.